The zero-order valence-corrected chi connectivity index (χ0v) is 15.6. The van der Waals surface area contributed by atoms with Crippen molar-refractivity contribution in [3.63, 3.8) is 0 Å². The number of nitrogens with two attached hydrogens (primary N) is 1. The first kappa shape index (κ1) is 18.1. The van der Waals surface area contributed by atoms with Crippen LogP contribution in [0.15, 0.2) is 29.4 Å². The molecule has 0 unspecified atom stereocenters. The van der Waals surface area contributed by atoms with E-state index >= 15 is 0 Å². The molecule has 0 spiro atoms. The second-order valence-electron chi connectivity index (χ2n) is 6.09. The minimum absolute atomic E-state index is 0.134. The van der Waals surface area contributed by atoms with Crippen molar-refractivity contribution >= 4 is 29.3 Å². The molecular weight excluding hydrogens is 358 g/mol. The Hall–Kier alpha value is -1.73. The maximum atomic E-state index is 12.5. The fraction of sp³-hybridized carbons (Fsp3) is 0.471. The molecule has 0 aliphatic carbocycles. The molecular formula is C17H22ClN5OS. The summed E-state index contributed by atoms with van der Waals surface area (Å²) < 4.78 is 1.40. The molecule has 2 aromatic rings. The molecule has 1 fully saturated rings. The van der Waals surface area contributed by atoms with Crippen LogP contribution in [-0.4, -0.2) is 44.5 Å². The lowest BCUT2D eigenvalue weighted by molar-refractivity contribution is -0.128. The van der Waals surface area contributed by atoms with E-state index in [2.05, 4.69) is 10.2 Å². The van der Waals surface area contributed by atoms with E-state index in [0.29, 0.717) is 21.8 Å². The van der Waals surface area contributed by atoms with Gasteiger partial charge >= 0.3 is 0 Å². The lowest BCUT2D eigenvalue weighted by Crippen LogP contribution is -2.35. The van der Waals surface area contributed by atoms with Crippen LogP contribution in [0.4, 0.5) is 0 Å². The first-order chi connectivity index (χ1) is 12.2. The van der Waals surface area contributed by atoms with Gasteiger partial charge in [0.15, 0.2) is 5.82 Å². The molecule has 134 valence electrons. The number of hydrogen-bond acceptors (Lipinski definition) is 5. The van der Waals surface area contributed by atoms with Gasteiger partial charge in [0.25, 0.3) is 0 Å². The third-order valence-electron chi connectivity index (χ3n) is 4.31. The lowest BCUT2D eigenvalue weighted by atomic mass is 10.1. The summed E-state index contributed by atoms with van der Waals surface area (Å²) in [5.74, 6) is 7.05. The first-order valence-corrected chi connectivity index (χ1v) is 9.89. The van der Waals surface area contributed by atoms with Gasteiger partial charge in [-0.05, 0) is 25.0 Å². The lowest BCUT2D eigenvalue weighted by Gasteiger charge is -2.24. The number of nitrogen functional groups attached to an aromatic ring is 1. The fourth-order valence-corrected chi connectivity index (χ4v) is 3.90. The molecule has 1 aliphatic rings. The summed E-state index contributed by atoms with van der Waals surface area (Å²) in [4.78, 5) is 14.4. The molecule has 0 saturated carbocycles. The van der Waals surface area contributed by atoms with Crippen molar-refractivity contribution < 1.29 is 4.79 Å². The number of nitrogens with zero attached hydrogens (tertiary/aromatic N) is 4. The van der Waals surface area contributed by atoms with Gasteiger partial charge in [0.1, 0.15) is 0 Å². The fourth-order valence-electron chi connectivity index (χ4n) is 2.92. The average molecular weight is 380 g/mol. The summed E-state index contributed by atoms with van der Waals surface area (Å²) in [6, 6.07) is 7.34. The van der Waals surface area contributed by atoms with Crippen LogP contribution in [0.2, 0.25) is 5.02 Å². The molecule has 25 heavy (non-hydrogen) atoms. The summed E-state index contributed by atoms with van der Waals surface area (Å²) in [6.45, 7) is 1.69. The molecule has 1 aliphatic heterocycles. The Morgan fingerprint density at radius 2 is 1.80 bits per heavy atom. The first-order valence-electron chi connectivity index (χ1n) is 8.53. The van der Waals surface area contributed by atoms with E-state index in [1.165, 1.54) is 35.7 Å². The molecule has 1 aromatic heterocycles. The molecule has 6 nitrogen and oxygen atoms in total. The predicted molar refractivity (Wildman–Crippen MR) is 101 cm³/mol. The Morgan fingerprint density at radius 3 is 2.52 bits per heavy atom. The van der Waals surface area contributed by atoms with E-state index < -0.39 is 0 Å². The van der Waals surface area contributed by atoms with Gasteiger partial charge in [-0.15, -0.1) is 10.2 Å². The Bertz CT molecular complexity index is 728. The number of benzene rings is 1. The summed E-state index contributed by atoms with van der Waals surface area (Å²) in [5, 5.41) is 9.30. The highest BCUT2D eigenvalue weighted by atomic mass is 35.5. The highest BCUT2D eigenvalue weighted by Crippen LogP contribution is 2.27. The number of carbonyl (C=O) groups excluding carboxylic acids is 1. The second kappa shape index (κ2) is 8.58. The Kier molecular flexibility index (Phi) is 6.20. The largest absolute Gasteiger partial charge is 0.342 e. The SMILES string of the molecule is Nn1c(SCC(=O)N2CCCCCCC2)nnc1-c1ccccc1Cl. The van der Waals surface area contributed by atoms with Crippen molar-refractivity contribution in [3.05, 3.63) is 29.3 Å². The Labute approximate surface area is 156 Å². The van der Waals surface area contributed by atoms with Gasteiger partial charge in [-0.25, -0.2) is 4.68 Å². The predicted octanol–water partition coefficient (Wildman–Crippen LogP) is 3.20. The molecule has 8 heteroatoms. The van der Waals surface area contributed by atoms with E-state index in [4.69, 9.17) is 17.4 Å². The number of halogens is 1. The van der Waals surface area contributed by atoms with Crippen molar-refractivity contribution in [2.45, 2.75) is 37.3 Å². The van der Waals surface area contributed by atoms with Crippen molar-refractivity contribution in [1.82, 2.24) is 19.8 Å². The minimum atomic E-state index is 0.134. The number of carbonyl (C=O) groups is 1. The number of likely N-dealkylation sites (tertiary alicyclic amines) is 1. The van der Waals surface area contributed by atoms with E-state index in [1.807, 2.05) is 23.1 Å². The van der Waals surface area contributed by atoms with Crippen LogP contribution in [0.1, 0.15) is 32.1 Å². The highest BCUT2D eigenvalue weighted by molar-refractivity contribution is 7.99. The topological polar surface area (TPSA) is 77.0 Å². The van der Waals surface area contributed by atoms with Gasteiger partial charge in [0.05, 0.1) is 10.8 Å². The number of rotatable bonds is 4. The minimum Gasteiger partial charge on any atom is -0.342 e. The van der Waals surface area contributed by atoms with Gasteiger partial charge in [-0.1, -0.05) is 54.8 Å². The molecule has 0 radical (unpaired) electrons. The van der Waals surface area contributed by atoms with Crippen LogP contribution in [0.3, 0.4) is 0 Å². The number of amides is 1. The van der Waals surface area contributed by atoms with E-state index in [-0.39, 0.29) is 5.91 Å². The van der Waals surface area contributed by atoms with Crippen LogP contribution in [-0.2, 0) is 4.79 Å². The quantitative estimate of drug-likeness (QED) is 0.652. The smallest absolute Gasteiger partial charge is 0.233 e. The third-order valence-corrected chi connectivity index (χ3v) is 5.57. The van der Waals surface area contributed by atoms with Crippen molar-refractivity contribution in [2.75, 3.05) is 24.7 Å². The molecule has 3 rings (SSSR count). The number of thioether (sulfide) groups is 1. The summed E-state index contributed by atoms with van der Waals surface area (Å²) in [5.41, 5.74) is 0.723. The average Bonchev–Trinajstić information content (AvgIpc) is 2.93. The zero-order valence-electron chi connectivity index (χ0n) is 14.0. The number of hydrogen-bond donors (Lipinski definition) is 1. The van der Waals surface area contributed by atoms with Crippen molar-refractivity contribution in [2.24, 2.45) is 0 Å². The molecule has 0 bridgehead atoms. The summed E-state index contributed by atoms with van der Waals surface area (Å²) in [7, 11) is 0. The summed E-state index contributed by atoms with van der Waals surface area (Å²) in [6.07, 6.45) is 5.85. The monoisotopic (exact) mass is 379 g/mol. The maximum Gasteiger partial charge on any atom is 0.233 e. The number of aromatic nitrogens is 3. The molecule has 2 N–H and O–H groups in total. The van der Waals surface area contributed by atoms with Gasteiger partial charge in [0, 0.05) is 18.7 Å². The highest BCUT2D eigenvalue weighted by Gasteiger charge is 2.18. The normalized spacial score (nSPS) is 15.6. The molecule has 1 saturated heterocycles. The zero-order chi connectivity index (χ0) is 17.6. The van der Waals surface area contributed by atoms with Gasteiger partial charge in [-0.3, -0.25) is 4.79 Å². The van der Waals surface area contributed by atoms with Crippen LogP contribution >= 0.6 is 23.4 Å². The third kappa shape index (κ3) is 4.46. The second-order valence-corrected chi connectivity index (χ2v) is 7.44. The molecule has 1 aromatic carbocycles. The van der Waals surface area contributed by atoms with Crippen molar-refractivity contribution in [3.8, 4) is 11.4 Å². The molecule has 0 atom stereocenters. The van der Waals surface area contributed by atoms with Crippen molar-refractivity contribution in [1.29, 1.82) is 0 Å². The van der Waals surface area contributed by atoms with Crippen LogP contribution < -0.4 is 5.84 Å². The molecule has 2 heterocycles. The van der Waals surface area contributed by atoms with Crippen LogP contribution in [0.25, 0.3) is 11.4 Å². The molecule has 1 amide bonds. The Morgan fingerprint density at radius 1 is 1.12 bits per heavy atom. The maximum absolute atomic E-state index is 12.5. The Balaban J connectivity index is 1.64. The van der Waals surface area contributed by atoms with Gasteiger partial charge in [-0.2, -0.15) is 0 Å². The van der Waals surface area contributed by atoms with Crippen LogP contribution in [0.5, 0.6) is 0 Å². The van der Waals surface area contributed by atoms with Gasteiger partial charge in [0.2, 0.25) is 11.1 Å². The van der Waals surface area contributed by atoms with Gasteiger partial charge < -0.3 is 10.7 Å². The van der Waals surface area contributed by atoms with E-state index in [9.17, 15) is 4.79 Å². The van der Waals surface area contributed by atoms with E-state index in [0.717, 1.165) is 31.5 Å². The standard InChI is InChI=1S/C17H22ClN5OS/c18-14-9-5-4-8-13(14)16-20-21-17(23(16)19)25-12-15(24)22-10-6-2-1-3-7-11-22/h4-5,8-9H,1-3,6-7,10-12,19H2. The van der Waals surface area contributed by atoms with E-state index in [1.54, 1.807) is 6.07 Å². The summed E-state index contributed by atoms with van der Waals surface area (Å²) >= 11 is 7.51. The van der Waals surface area contributed by atoms with Crippen LogP contribution in [0, 0.1) is 0 Å².